The first-order valence-electron chi connectivity index (χ1n) is 7.72. The molecule has 0 aromatic heterocycles. The van der Waals surface area contributed by atoms with Crippen molar-refractivity contribution in [3.8, 4) is 0 Å². The minimum Gasteiger partial charge on any atom is -0.370 e. The summed E-state index contributed by atoms with van der Waals surface area (Å²) in [5.41, 5.74) is 9.80. The van der Waals surface area contributed by atoms with Gasteiger partial charge in [-0.3, -0.25) is 9.89 Å². The smallest absolute Gasteiger partial charge is 0.193 e. The van der Waals surface area contributed by atoms with Crippen molar-refractivity contribution in [1.82, 2.24) is 4.90 Å². The second-order valence-corrected chi connectivity index (χ2v) is 5.55. The largest absolute Gasteiger partial charge is 0.370 e. The number of benzene rings is 2. The van der Waals surface area contributed by atoms with Crippen LogP contribution in [0.5, 0.6) is 0 Å². The van der Waals surface area contributed by atoms with Gasteiger partial charge in [0.05, 0.1) is 6.54 Å². The van der Waals surface area contributed by atoms with Crippen LogP contribution in [0, 0.1) is 0 Å². The maximum absolute atomic E-state index is 5.92. The Morgan fingerprint density at radius 2 is 1.77 bits per heavy atom. The molecule has 4 nitrogen and oxygen atoms in total. The lowest BCUT2D eigenvalue weighted by Crippen LogP contribution is -2.33. The molecule has 4 heteroatoms. The topological polar surface area (TPSA) is 53.6 Å². The van der Waals surface area contributed by atoms with Gasteiger partial charge in [0.25, 0.3) is 0 Å². The van der Waals surface area contributed by atoms with E-state index in [1.807, 2.05) is 30.3 Å². The van der Waals surface area contributed by atoms with E-state index in [4.69, 9.17) is 5.73 Å². The van der Waals surface area contributed by atoms with E-state index >= 15 is 0 Å². The van der Waals surface area contributed by atoms with E-state index in [9.17, 15) is 0 Å². The molecule has 3 N–H and O–H groups in total. The monoisotopic (exact) mass is 294 g/mol. The lowest BCUT2D eigenvalue weighted by molar-refractivity contribution is 0.262. The Morgan fingerprint density at radius 3 is 2.59 bits per heavy atom. The van der Waals surface area contributed by atoms with Crippen molar-refractivity contribution in [2.45, 2.75) is 13.0 Å². The van der Waals surface area contributed by atoms with Crippen molar-refractivity contribution in [2.75, 3.05) is 25.0 Å². The number of para-hydroxylation sites is 1. The van der Waals surface area contributed by atoms with Gasteiger partial charge in [0.15, 0.2) is 5.96 Å². The first kappa shape index (κ1) is 14.6. The molecule has 0 aliphatic carbocycles. The third kappa shape index (κ3) is 3.86. The summed E-state index contributed by atoms with van der Waals surface area (Å²) in [6.07, 6.45) is 1.12. The second-order valence-electron chi connectivity index (χ2n) is 5.55. The summed E-state index contributed by atoms with van der Waals surface area (Å²) in [5.74, 6) is 0.476. The molecule has 0 spiro atoms. The fourth-order valence-electron chi connectivity index (χ4n) is 2.77. The fourth-order valence-corrected chi connectivity index (χ4v) is 2.77. The van der Waals surface area contributed by atoms with Gasteiger partial charge in [-0.1, -0.05) is 42.5 Å². The number of guanidine groups is 1. The van der Waals surface area contributed by atoms with Gasteiger partial charge in [-0.25, -0.2) is 0 Å². The highest BCUT2D eigenvalue weighted by molar-refractivity contribution is 5.92. The van der Waals surface area contributed by atoms with Gasteiger partial charge in [0.2, 0.25) is 0 Å². The predicted molar refractivity (Wildman–Crippen MR) is 92.0 cm³/mol. The SMILES string of the molecule is NC(=NCCN1CCc2ccccc2C1)Nc1ccccc1. The molecule has 0 unspecified atom stereocenters. The Morgan fingerprint density at radius 1 is 1.05 bits per heavy atom. The Kier molecular flexibility index (Phi) is 4.71. The van der Waals surface area contributed by atoms with Crippen LogP contribution in [-0.2, 0) is 13.0 Å². The first-order chi connectivity index (χ1) is 10.8. The molecule has 3 rings (SSSR count). The molecule has 2 aromatic carbocycles. The average molecular weight is 294 g/mol. The van der Waals surface area contributed by atoms with E-state index in [1.54, 1.807) is 0 Å². The van der Waals surface area contributed by atoms with E-state index < -0.39 is 0 Å². The highest BCUT2D eigenvalue weighted by Gasteiger charge is 2.14. The van der Waals surface area contributed by atoms with Crippen LogP contribution in [0.4, 0.5) is 5.69 Å². The van der Waals surface area contributed by atoms with E-state index in [-0.39, 0.29) is 0 Å². The van der Waals surface area contributed by atoms with Crippen LogP contribution in [0.3, 0.4) is 0 Å². The van der Waals surface area contributed by atoms with Crippen LogP contribution in [0.25, 0.3) is 0 Å². The average Bonchev–Trinajstić information content (AvgIpc) is 2.55. The number of hydrogen-bond acceptors (Lipinski definition) is 2. The number of nitrogens with zero attached hydrogens (tertiary/aromatic N) is 2. The molecule has 22 heavy (non-hydrogen) atoms. The van der Waals surface area contributed by atoms with Crippen molar-refractivity contribution in [2.24, 2.45) is 10.7 Å². The molecular weight excluding hydrogens is 272 g/mol. The molecule has 1 aliphatic rings. The zero-order chi connectivity index (χ0) is 15.2. The third-order valence-electron chi connectivity index (χ3n) is 3.95. The van der Waals surface area contributed by atoms with Gasteiger partial charge in [-0.15, -0.1) is 0 Å². The Hall–Kier alpha value is -2.33. The molecule has 0 radical (unpaired) electrons. The predicted octanol–water partition coefficient (Wildman–Crippen LogP) is 2.47. The Bertz CT molecular complexity index is 637. The first-order valence-corrected chi connectivity index (χ1v) is 7.72. The van der Waals surface area contributed by atoms with Crippen LogP contribution in [-0.4, -0.2) is 30.5 Å². The van der Waals surface area contributed by atoms with Gasteiger partial charge in [0.1, 0.15) is 0 Å². The number of nitrogens with two attached hydrogens (primary N) is 1. The standard InChI is InChI=1S/C18H22N4/c19-18(21-17-8-2-1-3-9-17)20-11-13-22-12-10-15-6-4-5-7-16(15)14-22/h1-9H,10-14H2,(H3,19,20,21). The van der Waals surface area contributed by atoms with E-state index in [1.165, 1.54) is 11.1 Å². The molecule has 0 amide bonds. The van der Waals surface area contributed by atoms with E-state index in [0.717, 1.165) is 31.7 Å². The van der Waals surface area contributed by atoms with Gasteiger partial charge in [-0.2, -0.15) is 0 Å². The van der Waals surface area contributed by atoms with Crippen LogP contribution >= 0.6 is 0 Å². The highest BCUT2D eigenvalue weighted by Crippen LogP contribution is 2.17. The number of hydrogen-bond donors (Lipinski definition) is 2. The summed E-state index contributed by atoms with van der Waals surface area (Å²) < 4.78 is 0. The second kappa shape index (κ2) is 7.09. The summed E-state index contributed by atoms with van der Waals surface area (Å²) in [6, 6.07) is 18.6. The molecule has 114 valence electrons. The minimum atomic E-state index is 0.476. The Labute approximate surface area is 131 Å². The van der Waals surface area contributed by atoms with Gasteiger partial charge in [-0.05, 0) is 29.7 Å². The van der Waals surface area contributed by atoms with Gasteiger partial charge in [0, 0.05) is 25.3 Å². The molecule has 0 bridgehead atoms. The summed E-state index contributed by atoms with van der Waals surface area (Å²) in [6.45, 7) is 3.76. The molecule has 1 aliphatic heterocycles. The fraction of sp³-hybridized carbons (Fsp3) is 0.278. The van der Waals surface area contributed by atoms with Crippen LogP contribution < -0.4 is 11.1 Å². The quantitative estimate of drug-likeness (QED) is 0.673. The summed E-state index contributed by atoms with van der Waals surface area (Å²) in [7, 11) is 0. The number of nitrogens with one attached hydrogen (secondary N) is 1. The van der Waals surface area contributed by atoms with Crippen molar-refractivity contribution in [3.63, 3.8) is 0 Å². The van der Waals surface area contributed by atoms with Gasteiger partial charge >= 0.3 is 0 Å². The summed E-state index contributed by atoms with van der Waals surface area (Å²) in [5, 5.41) is 3.10. The lowest BCUT2D eigenvalue weighted by Gasteiger charge is -2.28. The van der Waals surface area contributed by atoms with Crippen molar-refractivity contribution < 1.29 is 0 Å². The molecular formula is C18H22N4. The molecule has 0 fully saturated rings. The van der Waals surface area contributed by atoms with Crippen molar-refractivity contribution in [3.05, 3.63) is 65.7 Å². The van der Waals surface area contributed by atoms with E-state index in [2.05, 4.69) is 39.5 Å². The normalized spacial score (nSPS) is 15.4. The summed E-state index contributed by atoms with van der Waals surface area (Å²) in [4.78, 5) is 6.84. The molecule has 2 aromatic rings. The lowest BCUT2D eigenvalue weighted by atomic mass is 10.0. The minimum absolute atomic E-state index is 0.476. The van der Waals surface area contributed by atoms with Crippen LogP contribution in [0.15, 0.2) is 59.6 Å². The zero-order valence-electron chi connectivity index (χ0n) is 12.7. The van der Waals surface area contributed by atoms with Crippen LogP contribution in [0.1, 0.15) is 11.1 Å². The summed E-state index contributed by atoms with van der Waals surface area (Å²) >= 11 is 0. The van der Waals surface area contributed by atoms with Gasteiger partial charge < -0.3 is 11.1 Å². The number of anilines is 1. The number of rotatable bonds is 4. The van der Waals surface area contributed by atoms with E-state index in [0.29, 0.717) is 12.5 Å². The molecule has 0 atom stereocenters. The maximum Gasteiger partial charge on any atom is 0.193 e. The third-order valence-corrected chi connectivity index (χ3v) is 3.95. The zero-order valence-corrected chi connectivity index (χ0v) is 12.7. The Balaban J connectivity index is 1.48. The van der Waals surface area contributed by atoms with Crippen LogP contribution in [0.2, 0.25) is 0 Å². The number of fused-ring (bicyclic) bond motifs is 1. The molecule has 0 saturated heterocycles. The van der Waals surface area contributed by atoms with Crippen molar-refractivity contribution in [1.29, 1.82) is 0 Å². The molecule has 0 saturated carbocycles. The molecule has 1 heterocycles. The maximum atomic E-state index is 5.92. The number of aliphatic imine (C=N–C) groups is 1. The highest BCUT2D eigenvalue weighted by atomic mass is 15.2. The van der Waals surface area contributed by atoms with Crippen molar-refractivity contribution >= 4 is 11.6 Å².